The first-order valence-corrected chi connectivity index (χ1v) is 12.0. The molecule has 0 amide bonds. The number of rotatable bonds is 7. The normalized spacial score (nSPS) is 17.9. The fraction of sp³-hybridized carbons (Fsp3) is 0.391. The standard InChI is InChI=1S/C23H23Cl2F3N6O3/c1-12-8-15(25)6-7-17(12)21-31-33(22(37)32(21)10-18(36)23(26,27)28)11-19-29-20(13(2)35)34(30-19)16-5-3-4-14(24)9-16/h3-7,9,12-13,18,35-36H,8,10-11H2,1-2H3/t12?,13-,18-/m0/s1. The third kappa shape index (κ3) is 5.82. The van der Waals surface area contributed by atoms with E-state index in [1.165, 1.54) is 11.6 Å². The lowest BCUT2D eigenvalue weighted by molar-refractivity contribution is -0.207. The number of hydrogen-bond donors (Lipinski definition) is 2. The van der Waals surface area contributed by atoms with E-state index in [-0.39, 0.29) is 29.9 Å². The van der Waals surface area contributed by atoms with E-state index in [0.717, 1.165) is 9.25 Å². The molecule has 2 N–H and O–H groups in total. The zero-order valence-electron chi connectivity index (χ0n) is 19.7. The fourth-order valence-electron chi connectivity index (χ4n) is 3.95. The van der Waals surface area contributed by atoms with Gasteiger partial charge in [-0.3, -0.25) is 4.57 Å². The largest absolute Gasteiger partial charge is 0.416 e. The highest BCUT2D eigenvalue weighted by Crippen LogP contribution is 2.33. The zero-order valence-corrected chi connectivity index (χ0v) is 21.2. The molecular formula is C23H23Cl2F3N6O3. The molecule has 9 nitrogen and oxygen atoms in total. The summed E-state index contributed by atoms with van der Waals surface area (Å²) in [5.41, 5.74) is 0.125. The maximum Gasteiger partial charge on any atom is 0.416 e. The molecule has 0 bridgehead atoms. The predicted octanol–water partition coefficient (Wildman–Crippen LogP) is 3.85. The van der Waals surface area contributed by atoms with E-state index in [9.17, 15) is 28.2 Å². The van der Waals surface area contributed by atoms with Crippen molar-refractivity contribution in [2.45, 2.75) is 51.7 Å². The second kappa shape index (κ2) is 10.4. The van der Waals surface area contributed by atoms with Crippen LogP contribution >= 0.6 is 23.2 Å². The maximum absolute atomic E-state index is 13.2. The molecule has 3 aromatic rings. The molecular weight excluding hydrogens is 536 g/mol. The van der Waals surface area contributed by atoms with Gasteiger partial charge in [0.05, 0.1) is 12.2 Å². The first kappa shape index (κ1) is 27.1. The molecule has 1 unspecified atom stereocenters. The third-order valence-electron chi connectivity index (χ3n) is 5.78. The zero-order chi connectivity index (χ0) is 27.1. The van der Waals surface area contributed by atoms with Gasteiger partial charge in [0, 0.05) is 15.6 Å². The highest BCUT2D eigenvalue weighted by atomic mass is 35.5. The molecule has 0 spiro atoms. The van der Waals surface area contributed by atoms with Crippen molar-refractivity contribution in [1.82, 2.24) is 29.1 Å². The van der Waals surface area contributed by atoms with Crippen molar-refractivity contribution >= 4 is 28.8 Å². The Kier molecular flexibility index (Phi) is 7.65. The summed E-state index contributed by atoms with van der Waals surface area (Å²) in [7, 11) is 0. The van der Waals surface area contributed by atoms with Gasteiger partial charge >= 0.3 is 11.9 Å². The number of hydrogen-bond acceptors (Lipinski definition) is 6. The van der Waals surface area contributed by atoms with Crippen molar-refractivity contribution in [3.8, 4) is 5.69 Å². The molecule has 0 saturated heterocycles. The minimum Gasteiger partial charge on any atom is -0.385 e. The van der Waals surface area contributed by atoms with Crippen molar-refractivity contribution < 1.29 is 23.4 Å². The Morgan fingerprint density at radius 3 is 2.54 bits per heavy atom. The summed E-state index contributed by atoms with van der Waals surface area (Å²) < 4.78 is 42.5. The van der Waals surface area contributed by atoms with Crippen molar-refractivity contribution in [2.75, 3.05) is 0 Å². The highest BCUT2D eigenvalue weighted by Gasteiger charge is 2.39. The molecule has 1 aliphatic rings. The van der Waals surface area contributed by atoms with E-state index < -0.39 is 30.6 Å². The Bertz CT molecular complexity index is 1420. The average Bonchev–Trinajstić information content (AvgIpc) is 3.36. The van der Waals surface area contributed by atoms with Crippen molar-refractivity contribution in [3.63, 3.8) is 0 Å². The second-order valence-corrected chi connectivity index (χ2v) is 9.65. The van der Waals surface area contributed by atoms with Gasteiger partial charge in [0.1, 0.15) is 12.6 Å². The topological polar surface area (TPSA) is 111 Å². The number of alkyl halides is 3. The molecule has 0 aliphatic heterocycles. The molecule has 4 rings (SSSR count). The predicted molar refractivity (Wildman–Crippen MR) is 130 cm³/mol. The average molecular weight is 559 g/mol. The van der Waals surface area contributed by atoms with Gasteiger partial charge in [-0.15, -0.1) is 10.2 Å². The Morgan fingerprint density at radius 1 is 1.19 bits per heavy atom. The Balaban J connectivity index is 1.77. The second-order valence-electron chi connectivity index (χ2n) is 8.73. The van der Waals surface area contributed by atoms with Crippen molar-refractivity contribution in [3.05, 3.63) is 74.4 Å². The lowest BCUT2D eigenvalue weighted by Gasteiger charge is -2.20. The van der Waals surface area contributed by atoms with Crippen LogP contribution in [0.5, 0.6) is 0 Å². The monoisotopic (exact) mass is 558 g/mol. The Morgan fingerprint density at radius 2 is 1.92 bits per heavy atom. The summed E-state index contributed by atoms with van der Waals surface area (Å²) in [5, 5.41) is 29.5. The van der Waals surface area contributed by atoms with Crippen LogP contribution in [0.1, 0.15) is 43.8 Å². The van der Waals surface area contributed by atoms with Crippen molar-refractivity contribution in [2.24, 2.45) is 5.92 Å². The van der Waals surface area contributed by atoms with Gasteiger partial charge in [-0.2, -0.15) is 13.2 Å². The SMILES string of the molecule is CC1CC(Cl)=CC=C1c1nn(Cc2nc([C@H](C)O)n(-c3cccc(Cl)c3)n2)c(=O)n1C[C@H](O)C(F)(F)F. The maximum atomic E-state index is 13.2. The molecule has 37 heavy (non-hydrogen) atoms. The van der Waals surface area contributed by atoms with Crippen LogP contribution in [0.2, 0.25) is 5.02 Å². The van der Waals surface area contributed by atoms with Crippen LogP contribution < -0.4 is 5.69 Å². The summed E-state index contributed by atoms with van der Waals surface area (Å²) in [6.45, 7) is 1.95. The van der Waals surface area contributed by atoms with Crippen LogP contribution in [0.3, 0.4) is 0 Å². The first-order chi connectivity index (χ1) is 17.3. The van der Waals surface area contributed by atoms with Crippen LogP contribution in [-0.4, -0.2) is 51.6 Å². The number of allylic oxidation sites excluding steroid dienone is 4. The van der Waals surface area contributed by atoms with Gasteiger partial charge in [0.15, 0.2) is 23.6 Å². The summed E-state index contributed by atoms with van der Waals surface area (Å²) in [4.78, 5) is 17.5. The van der Waals surface area contributed by atoms with E-state index in [2.05, 4.69) is 15.2 Å². The summed E-state index contributed by atoms with van der Waals surface area (Å²) in [6.07, 6.45) is -5.14. The molecule has 1 aliphatic carbocycles. The van der Waals surface area contributed by atoms with Crippen LogP contribution in [0.15, 0.2) is 46.2 Å². The van der Waals surface area contributed by atoms with Crippen LogP contribution in [-0.2, 0) is 13.1 Å². The fourth-order valence-corrected chi connectivity index (χ4v) is 4.43. The van der Waals surface area contributed by atoms with Gasteiger partial charge in [-0.05, 0) is 43.5 Å². The van der Waals surface area contributed by atoms with Crippen LogP contribution in [0.4, 0.5) is 13.2 Å². The number of aliphatic hydroxyl groups excluding tert-OH is 2. The number of aliphatic hydroxyl groups is 2. The highest BCUT2D eigenvalue weighted by molar-refractivity contribution is 6.30. The molecule has 0 radical (unpaired) electrons. The molecule has 2 heterocycles. The minimum atomic E-state index is -4.93. The quantitative estimate of drug-likeness (QED) is 0.455. The third-order valence-corrected chi connectivity index (χ3v) is 6.30. The first-order valence-electron chi connectivity index (χ1n) is 11.2. The molecule has 14 heteroatoms. The van der Waals surface area contributed by atoms with Gasteiger partial charge in [0.25, 0.3) is 0 Å². The molecule has 198 valence electrons. The summed E-state index contributed by atoms with van der Waals surface area (Å²) in [5.74, 6) is -0.0113. The smallest absolute Gasteiger partial charge is 0.385 e. The van der Waals surface area contributed by atoms with Crippen LogP contribution in [0.25, 0.3) is 11.3 Å². The van der Waals surface area contributed by atoms with E-state index in [0.29, 0.717) is 27.7 Å². The number of aromatic nitrogens is 6. The van der Waals surface area contributed by atoms with Crippen molar-refractivity contribution in [1.29, 1.82) is 0 Å². The Labute approximate surface area is 219 Å². The Hall–Kier alpha value is -2.93. The van der Waals surface area contributed by atoms with Crippen LogP contribution in [0, 0.1) is 5.92 Å². The van der Waals surface area contributed by atoms with E-state index >= 15 is 0 Å². The number of nitrogens with zero attached hydrogens (tertiary/aromatic N) is 6. The van der Waals surface area contributed by atoms with E-state index in [1.54, 1.807) is 43.3 Å². The molecule has 0 fully saturated rings. The summed E-state index contributed by atoms with van der Waals surface area (Å²) >= 11 is 12.2. The minimum absolute atomic E-state index is 0.0220. The molecule has 2 aromatic heterocycles. The molecule has 1 aromatic carbocycles. The number of benzene rings is 1. The lowest BCUT2D eigenvalue weighted by Crippen LogP contribution is -2.37. The van der Waals surface area contributed by atoms with E-state index in [1.807, 2.05) is 0 Å². The summed E-state index contributed by atoms with van der Waals surface area (Å²) in [6, 6.07) is 6.66. The molecule has 0 saturated carbocycles. The molecule has 3 atom stereocenters. The van der Waals surface area contributed by atoms with Gasteiger partial charge in [0.2, 0.25) is 0 Å². The van der Waals surface area contributed by atoms with E-state index in [4.69, 9.17) is 23.2 Å². The van der Waals surface area contributed by atoms with Gasteiger partial charge < -0.3 is 10.2 Å². The lowest BCUT2D eigenvalue weighted by atomic mass is 9.92. The van der Waals surface area contributed by atoms with Gasteiger partial charge in [-0.25, -0.2) is 19.1 Å². The number of halogens is 5. The van der Waals surface area contributed by atoms with Gasteiger partial charge in [-0.1, -0.05) is 42.3 Å².